The monoisotopic (exact) mass is 244 g/mol. The van der Waals surface area contributed by atoms with Crippen LogP contribution in [-0.2, 0) is 0 Å². The molecule has 1 rings (SSSR count). The van der Waals surface area contributed by atoms with Gasteiger partial charge in [0, 0.05) is 5.88 Å². The van der Waals surface area contributed by atoms with E-state index >= 15 is 0 Å². The molecule has 1 saturated carbocycles. The summed E-state index contributed by atoms with van der Waals surface area (Å²) in [5.74, 6) is 3.59. The second-order valence-corrected chi connectivity index (χ2v) is 5.92. The molecule has 0 heterocycles. The van der Waals surface area contributed by atoms with Crippen LogP contribution in [0.25, 0.3) is 0 Å². The van der Waals surface area contributed by atoms with Crippen LogP contribution in [0.1, 0.15) is 71.6 Å². The summed E-state index contributed by atoms with van der Waals surface area (Å²) in [7, 11) is 0. The van der Waals surface area contributed by atoms with Gasteiger partial charge < -0.3 is 0 Å². The van der Waals surface area contributed by atoms with Gasteiger partial charge in [0.2, 0.25) is 0 Å². The van der Waals surface area contributed by atoms with Gasteiger partial charge in [-0.3, -0.25) is 0 Å². The molecule has 1 aliphatic carbocycles. The Morgan fingerprint density at radius 2 is 1.88 bits per heavy atom. The van der Waals surface area contributed by atoms with Crippen molar-refractivity contribution in [3.63, 3.8) is 0 Å². The zero-order valence-electron chi connectivity index (χ0n) is 11.2. The minimum Gasteiger partial charge on any atom is -0.126 e. The van der Waals surface area contributed by atoms with Gasteiger partial charge in [-0.25, -0.2) is 0 Å². The van der Waals surface area contributed by atoms with E-state index in [0.717, 1.165) is 23.6 Å². The molecule has 0 N–H and O–H groups in total. The van der Waals surface area contributed by atoms with E-state index in [9.17, 15) is 0 Å². The molecule has 16 heavy (non-hydrogen) atoms. The second-order valence-electron chi connectivity index (χ2n) is 5.61. The number of rotatable bonds is 8. The van der Waals surface area contributed by atoms with Gasteiger partial charge >= 0.3 is 0 Å². The van der Waals surface area contributed by atoms with Crippen molar-refractivity contribution in [3.05, 3.63) is 0 Å². The second kappa shape index (κ2) is 8.39. The number of halogens is 1. The van der Waals surface area contributed by atoms with Gasteiger partial charge in [-0.15, -0.1) is 11.6 Å². The zero-order chi connectivity index (χ0) is 11.8. The van der Waals surface area contributed by atoms with Crippen LogP contribution in [0.5, 0.6) is 0 Å². The molecule has 0 bridgehead atoms. The molecule has 0 aromatic carbocycles. The first kappa shape index (κ1) is 14.4. The molecule has 2 unspecified atom stereocenters. The predicted molar refractivity (Wildman–Crippen MR) is 74.1 cm³/mol. The Balaban J connectivity index is 2.33. The molecule has 0 amide bonds. The highest BCUT2D eigenvalue weighted by Gasteiger charge is 2.26. The number of hydrogen-bond donors (Lipinski definition) is 0. The van der Waals surface area contributed by atoms with Gasteiger partial charge in [0.05, 0.1) is 0 Å². The van der Waals surface area contributed by atoms with E-state index in [2.05, 4.69) is 13.8 Å². The predicted octanol–water partition coefficient (Wildman–Crippen LogP) is 5.64. The van der Waals surface area contributed by atoms with E-state index in [1.807, 2.05) is 0 Å². The highest BCUT2D eigenvalue weighted by molar-refractivity contribution is 6.18. The maximum atomic E-state index is 6.18. The molecule has 1 aliphatic rings. The van der Waals surface area contributed by atoms with Crippen molar-refractivity contribution in [2.75, 3.05) is 5.88 Å². The third-order valence-corrected chi connectivity index (χ3v) is 4.84. The summed E-state index contributed by atoms with van der Waals surface area (Å²) in [6, 6.07) is 0. The zero-order valence-corrected chi connectivity index (χ0v) is 11.9. The van der Waals surface area contributed by atoms with Crippen molar-refractivity contribution in [2.45, 2.75) is 71.6 Å². The van der Waals surface area contributed by atoms with Crippen LogP contribution in [0.3, 0.4) is 0 Å². The van der Waals surface area contributed by atoms with Gasteiger partial charge in [-0.2, -0.15) is 0 Å². The van der Waals surface area contributed by atoms with Crippen LogP contribution >= 0.6 is 11.6 Å². The molecule has 0 spiro atoms. The molecule has 0 aliphatic heterocycles. The van der Waals surface area contributed by atoms with Crippen LogP contribution in [0, 0.1) is 17.8 Å². The summed E-state index contributed by atoms with van der Waals surface area (Å²) < 4.78 is 0. The van der Waals surface area contributed by atoms with E-state index in [-0.39, 0.29) is 0 Å². The molecular weight excluding hydrogens is 216 g/mol. The van der Waals surface area contributed by atoms with Crippen molar-refractivity contribution in [1.29, 1.82) is 0 Å². The summed E-state index contributed by atoms with van der Waals surface area (Å²) in [6.45, 7) is 4.64. The molecule has 0 aromatic heterocycles. The average molecular weight is 245 g/mol. The summed E-state index contributed by atoms with van der Waals surface area (Å²) in [5, 5.41) is 0. The van der Waals surface area contributed by atoms with E-state index in [1.165, 1.54) is 57.8 Å². The topological polar surface area (TPSA) is 0 Å². The van der Waals surface area contributed by atoms with Gasteiger partial charge in [-0.1, -0.05) is 65.2 Å². The van der Waals surface area contributed by atoms with Crippen molar-refractivity contribution in [3.8, 4) is 0 Å². The summed E-state index contributed by atoms with van der Waals surface area (Å²) in [6.07, 6.45) is 12.7. The van der Waals surface area contributed by atoms with E-state index in [4.69, 9.17) is 11.6 Å². The van der Waals surface area contributed by atoms with Gasteiger partial charge in [0.1, 0.15) is 0 Å². The lowest BCUT2D eigenvalue weighted by atomic mass is 9.82. The summed E-state index contributed by atoms with van der Waals surface area (Å²) in [5.41, 5.74) is 0. The van der Waals surface area contributed by atoms with E-state index in [1.54, 1.807) is 0 Å². The maximum absolute atomic E-state index is 6.18. The molecule has 0 radical (unpaired) electrons. The van der Waals surface area contributed by atoms with E-state index in [0.29, 0.717) is 0 Å². The number of unbranched alkanes of at least 4 members (excludes halogenated alkanes) is 1. The first-order valence-electron chi connectivity index (χ1n) is 7.37. The third-order valence-electron chi connectivity index (χ3n) is 4.44. The van der Waals surface area contributed by atoms with Crippen molar-refractivity contribution >= 4 is 11.6 Å². The summed E-state index contributed by atoms with van der Waals surface area (Å²) >= 11 is 6.18. The van der Waals surface area contributed by atoms with Crippen LogP contribution in [0.4, 0.5) is 0 Å². The quantitative estimate of drug-likeness (QED) is 0.485. The number of alkyl halides is 1. The highest BCUT2D eigenvalue weighted by atomic mass is 35.5. The lowest BCUT2D eigenvalue weighted by molar-refractivity contribution is 0.276. The Morgan fingerprint density at radius 3 is 2.38 bits per heavy atom. The van der Waals surface area contributed by atoms with Crippen LogP contribution in [0.15, 0.2) is 0 Å². The summed E-state index contributed by atoms with van der Waals surface area (Å²) in [4.78, 5) is 0. The molecular formula is C15H29Cl. The lowest BCUT2D eigenvalue weighted by Gasteiger charge is -2.25. The molecule has 0 nitrogen and oxygen atoms in total. The largest absolute Gasteiger partial charge is 0.126 e. The average Bonchev–Trinajstić information content (AvgIpc) is 2.83. The molecule has 1 fully saturated rings. The third kappa shape index (κ3) is 4.65. The normalized spacial score (nSPS) is 21.2. The molecule has 2 atom stereocenters. The smallest absolute Gasteiger partial charge is 0.0254 e. The van der Waals surface area contributed by atoms with Gasteiger partial charge in [0.25, 0.3) is 0 Å². The van der Waals surface area contributed by atoms with Crippen molar-refractivity contribution in [1.82, 2.24) is 0 Å². The highest BCUT2D eigenvalue weighted by Crippen LogP contribution is 2.36. The van der Waals surface area contributed by atoms with Crippen molar-refractivity contribution in [2.24, 2.45) is 17.8 Å². The van der Waals surface area contributed by atoms with Gasteiger partial charge in [0.15, 0.2) is 0 Å². The van der Waals surface area contributed by atoms with Crippen LogP contribution in [0.2, 0.25) is 0 Å². The fourth-order valence-corrected chi connectivity index (χ4v) is 3.60. The maximum Gasteiger partial charge on any atom is 0.0254 e. The van der Waals surface area contributed by atoms with Crippen LogP contribution in [-0.4, -0.2) is 5.88 Å². The van der Waals surface area contributed by atoms with E-state index < -0.39 is 0 Å². The molecule has 1 heteroatoms. The van der Waals surface area contributed by atoms with Gasteiger partial charge in [-0.05, 0) is 24.2 Å². The van der Waals surface area contributed by atoms with Crippen molar-refractivity contribution < 1.29 is 0 Å². The van der Waals surface area contributed by atoms with Crippen LogP contribution < -0.4 is 0 Å². The Morgan fingerprint density at radius 1 is 1.19 bits per heavy atom. The molecule has 0 saturated heterocycles. The standard InChI is InChI=1S/C15H29Cl/c1-3-5-8-13(4-2)11-15(12-16)14-9-6-7-10-14/h13-15H,3-12H2,1-2H3. The Bertz CT molecular complexity index is 161. The minimum absolute atomic E-state index is 0.811. The molecule has 96 valence electrons. The Kier molecular flexibility index (Phi) is 7.53. The molecule has 0 aromatic rings. The SMILES string of the molecule is CCCCC(CC)CC(CCl)C1CCCC1. The minimum atomic E-state index is 0.811. The fourth-order valence-electron chi connectivity index (χ4n) is 3.22. The first-order valence-corrected chi connectivity index (χ1v) is 7.91. The number of hydrogen-bond acceptors (Lipinski definition) is 0. The first-order chi connectivity index (χ1) is 7.81. The Hall–Kier alpha value is 0.290. The Labute approximate surface area is 107 Å². The lowest BCUT2D eigenvalue weighted by Crippen LogP contribution is -2.18. The fraction of sp³-hybridized carbons (Fsp3) is 1.00.